The van der Waals surface area contributed by atoms with Gasteiger partial charge >= 0.3 is 0 Å². The van der Waals surface area contributed by atoms with E-state index in [0.717, 1.165) is 5.56 Å². The highest BCUT2D eigenvalue weighted by molar-refractivity contribution is 7.99. The van der Waals surface area contributed by atoms with Crippen molar-refractivity contribution in [1.82, 2.24) is 0 Å². The Hall–Kier alpha value is -2.34. The minimum absolute atomic E-state index is 0.0628. The number of benzene rings is 2. The van der Waals surface area contributed by atoms with Gasteiger partial charge in [0.2, 0.25) is 0 Å². The molecule has 0 saturated carbocycles. The molecule has 0 aliphatic heterocycles. The van der Waals surface area contributed by atoms with Crippen molar-refractivity contribution < 1.29 is 4.92 Å². The van der Waals surface area contributed by atoms with Crippen LogP contribution in [0.25, 0.3) is 0 Å². The van der Waals surface area contributed by atoms with E-state index in [1.165, 1.54) is 17.0 Å². The van der Waals surface area contributed by atoms with Gasteiger partial charge in [-0.25, -0.2) is 0 Å². The van der Waals surface area contributed by atoms with E-state index in [1.807, 2.05) is 23.9 Å². The molecule has 2 aromatic carbocycles. The molecule has 6 heteroatoms. The second-order valence-corrected chi connectivity index (χ2v) is 6.56. The number of hydrogen-bond donors (Lipinski definition) is 1. The first-order valence-corrected chi connectivity index (χ1v) is 7.73. The lowest BCUT2D eigenvalue weighted by molar-refractivity contribution is -0.384. The van der Waals surface area contributed by atoms with E-state index in [2.05, 4.69) is 36.5 Å². The van der Waals surface area contributed by atoms with Crippen LogP contribution in [0.2, 0.25) is 0 Å². The zero-order valence-electron chi connectivity index (χ0n) is 12.4. The van der Waals surface area contributed by atoms with E-state index < -0.39 is 4.92 Å². The van der Waals surface area contributed by atoms with Crippen molar-refractivity contribution in [2.24, 2.45) is 5.10 Å². The molecular formula is C16H17N3O2S. The average molecular weight is 315 g/mol. The summed E-state index contributed by atoms with van der Waals surface area (Å²) < 4.78 is 0. The van der Waals surface area contributed by atoms with Crippen LogP contribution in [0, 0.1) is 10.1 Å². The van der Waals surface area contributed by atoms with Gasteiger partial charge < -0.3 is 0 Å². The standard InChI is InChI=1S/C16H17N3O2S/c1-12(2)22-16-9-3-13(4-10-16)11-17-18-14-5-7-15(8-6-14)19(20)21/h3-12,18H,1-2H3. The summed E-state index contributed by atoms with van der Waals surface area (Å²) in [5.41, 5.74) is 4.60. The van der Waals surface area contributed by atoms with E-state index in [1.54, 1.807) is 18.3 Å². The van der Waals surface area contributed by atoms with Gasteiger partial charge in [-0.3, -0.25) is 15.5 Å². The maximum absolute atomic E-state index is 10.6. The molecular weight excluding hydrogens is 298 g/mol. The van der Waals surface area contributed by atoms with Crippen molar-refractivity contribution in [2.45, 2.75) is 24.0 Å². The molecule has 0 aromatic heterocycles. The molecule has 0 saturated heterocycles. The number of nitrogens with zero attached hydrogens (tertiary/aromatic N) is 2. The van der Waals surface area contributed by atoms with E-state index >= 15 is 0 Å². The first-order valence-electron chi connectivity index (χ1n) is 6.85. The molecule has 0 atom stereocenters. The van der Waals surface area contributed by atoms with Crippen LogP contribution in [0.3, 0.4) is 0 Å². The van der Waals surface area contributed by atoms with Crippen LogP contribution in [0.4, 0.5) is 11.4 Å². The molecule has 0 aliphatic rings. The Bertz CT molecular complexity index is 652. The number of nitro groups is 1. The van der Waals surface area contributed by atoms with Crippen LogP contribution in [-0.2, 0) is 0 Å². The SMILES string of the molecule is CC(C)Sc1ccc(C=NNc2ccc([N+](=O)[O-])cc2)cc1. The van der Waals surface area contributed by atoms with Gasteiger partial charge in [0, 0.05) is 22.3 Å². The molecule has 0 spiro atoms. The maximum atomic E-state index is 10.6. The number of hydrazone groups is 1. The van der Waals surface area contributed by atoms with Crippen LogP contribution >= 0.6 is 11.8 Å². The van der Waals surface area contributed by atoms with Gasteiger partial charge in [-0.1, -0.05) is 26.0 Å². The second kappa shape index (κ2) is 7.61. The summed E-state index contributed by atoms with van der Waals surface area (Å²) >= 11 is 1.82. The zero-order chi connectivity index (χ0) is 15.9. The average Bonchev–Trinajstić information content (AvgIpc) is 2.49. The number of anilines is 1. The summed E-state index contributed by atoms with van der Waals surface area (Å²) in [6, 6.07) is 14.3. The summed E-state index contributed by atoms with van der Waals surface area (Å²) in [7, 11) is 0. The molecule has 5 nitrogen and oxygen atoms in total. The summed E-state index contributed by atoms with van der Waals surface area (Å²) in [5.74, 6) is 0. The highest BCUT2D eigenvalue weighted by Gasteiger charge is 2.02. The third kappa shape index (κ3) is 4.89. The lowest BCUT2D eigenvalue weighted by Crippen LogP contribution is -1.92. The Morgan fingerprint density at radius 2 is 1.77 bits per heavy atom. The predicted octanol–water partition coefficient (Wildman–Crippen LogP) is 4.54. The number of thioether (sulfide) groups is 1. The molecule has 114 valence electrons. The Balaban J connectivity index is 1.93. The Kier molecular flexibility index (Phi) is 5.55. The van der Waals surface area contributed by atoms with Gasteiger partial charge in [0.05, 0.1) is 16.8 Å². The lowest BCUT2D eigenvalue weighted by atomic mass is 10.2. The zero-order valence-corrected chi connectivity index (χ0v) is 13.2. The van der Waals surface area contributed by atoms with Gasteiger partial charge in [0.1, 0.15) is 0 Å². The van der Waals surface area contributed by atoms with E-state index in [9.17, 15) is 10.1 Å². The highest BCUT2D eigenvalue weighted by atomic mass is 32.2. The van der Waals surface area contributed by atoms with Crippen LogP contribution in [0.1, 0.15) is 19.4 Å². The first-order chi connectivity index (χ1) is 10.5. The molecule has 0 radical (unpaired) electrons. The van der Waals surface area contributed by atoms with Crippen LogP contribution < -0.4 is 5.43 Å². The summed E-state index contributed by atoms with van der Waals surface area (Å²) in [6.45, 7) is 4.32. The first kappa shape index (κ1) is 16.0. The van der Waals surface area contributed by atoms with Crippen LogP contribution in [-0.4, -0.2) is 16.4 Å². The molecule has 2 aromatic rings. The van der Waals surface area contributed by atoms with E-state index in [4.69, 9.17) is 0 Å². The number of hydrogen-bond acceptors (Lipinski definition) is 5. The van der Waals surface area contributed by atoms with Crippen LogP contribution in [0.5, 0.6) is 0 Å². The van der Waals surface area contributed by atoms with Crippen molar-refractivity contribution in [2.75, 3.05) is 5.43 Å². The van der Waals surface area contributed by atoms with E-state index in [-0.39, 0.29) is 5.69 Å². The summed E-state index contributed by atoms with van der Waals surface area (Å²) in [5, 5.41) is 15.2. The quantitative estimate of drug-likeness (QED) is 0.368. The van der Waals surface area contributed by atoms with Gasteiger partial charge in [0.25, 0.3) is 5.69 Å². The summed E-state index contributed by atoms with van der Waals surface area (Å²) in [6.07, 6.45) is 1.71. The molecule has 0 heterocycles. The normalized spacial score (nSPS) is 11.0. The minimum Gasteiger partial charge on any atom is -0.278 e. The molecule has 2 rings (SSSR count). The topological polar surface area (TPSA) is 67.5 Å². The predicted molar refractivity (Wildman–Crippen MR) is 91.7 cm³/mol. The second-order valence-electron chi connectivity index (χ2n) is 4.91. The molecule has 0 fully saturated rings. The molecule has 1 N–H and O–H groups in total. The fourth-order valence-electron chi connectivity index (χ4n) is 1.74. The van der Waals surface area contributed by atoms with Crippen molar-refractivity contribution >= 4 is 29.4 Å². The maximum Gasteiger partial charge on any atom is 0.269 e. The van der Waals surface area contributed by atoms with Crippen molar-refractivity contribution in [3.05, 3.63) is 64.2 Å². The molecule has 0 unspecified atom stereocenters. The van der Waals surface area contributed by atoms with Gasteiger partial charge in [-0.05, 0) is 29.8 Å². The molecule has 0 amide bonds. The lowest BCUT2D eigenvalue weighted by Gasteiger charge is -2.04. The van der Waals surface area contributed by atoms with Crippen molar-refractivity contribution in [3.8, 4) is 0 Å². The number of rotatable bonds is 6. The van der Waals surface area contributed by atoms with Crippen molar-refractivity contribution in [3.63, 3.8) is 0 Å². The number of nitrogens with one attached hydrogen (secondary N) is 1. The minimum atomic E-state index is -0.427. The van der Waals surface area contributed by atoms with Crippen molar-refractivity contribution in [1.29, 1.82) is 0 Å². The van der Waals surface area contributed by atoms with Crippen LogP contribution in [0.15, 0.2) is 58.5 Å². The highest BCUT2D eigenvalue weighted by Crippen LogP contribution is 2.22. The molecule has 22 heavy (non-hydrogen) atoms. The molecule has 0 bridgehead atoms. The molecule has 0 aliphatic carbocycles. The number of nitro benzene ring substituents is 1. The van der Waals surface area contributed by atoms with Gasteiger partial charge in [0.15, 0.2) is 0 Å². The Labute approximate surface area is 133 Å². The fourth-order valence-corrected chi connectivity index (χ4v) is 2.58. The Morgan fingerprint density at radius 1 is 1.14 bits per heavy atom. The monoisotopic (exact) mass is 315 g/mol. The fraction of sp³-hybridized carbons (Fsp3) is 0.188. The van der Waals surface area contributed by atoms with Gasteiger partial charge in [-0.2, -0.15) is 5.10 Å². The largest absolute Gasteiger partial charge is 0.278 e. The smallest absolute Gasteiger partial charge is 0.269 e. The number of non-ortho nitro benzene ring substituents is 1. The summed E-state index contributed by atoms with van der Waals surface area (Å²) in [4.78, 5) is 11.4. The third-order valence-corrected chi connectivity index (χ3v) is 3.75. The van der Waals surface area contributed by atoms with Gasteiger partial charge in [-0.15, -0.1) is 11.8 Å². The van der Waals surface area contributed by atoms with E-state index in [0.29, 0.717) is 10.9 Å². The Morgan fingerprint density at radius 3 is 2.32 bits per heavy atom. The third-order valence-electron chi connectivity index (χ3n) is 2.74.